The molecule has 0 radical (unpaired) electrons. The molecule has 2 aromatic rings. The van der Waals surface area contributed by atoms with Crippen molar-refractivity contribution in [2.24, 2.45) is 5.92 Å². The lowest BCUT2D eigenvalue weighted by molar-refractivity contribution is -0.140. The van der Waals surface area contributed by atoms with Crippen LogP contribution >= 0.6 is 23.3 Å². The zero-order valence-corrected chi connectivity index (χ0v) is 35.1. The third kappa shape index (κ3) is 11.1. The van der Waals surface area contributed by atoms with Gasteiger partial charge in [-0.05, 0) is 89.3 Å². The highest BCUT2D eigenvalue weighted by atomic mass is 79.9. The Labute approximate surface area is 335 Å². The van der Waals surface area contributed by atoms with Gasteiger partial charge in [0.05, 0.1) is 30.4 Å². The van der Waals surface area contributed by atoms with E-state index in [1.165, 1.54) is 36.4 Å². The molecule has 2 N–H and O–H groups in total. The lowest BCUT2D eigenvalue weighted by Crippen LogP contribution is -2.55. The molecule has 308 valence electrons. The molecule has 4 rings (SSSR count). The van der Waals surface area contributed by atoms with Crippen molar-refractivity contribution < 1.29 is 54.3 Å². The van der Waals surface area contributed by atoms with Crippen LogP contribution in [0.1, 0.15) is 58.9 Å². The molecule has 13 nitrogen and oxygen atoms in total. The summed E-state index contributed by atoms with van der Waals surface area (Å²) in [5.41, 5.74) is -1.38. The van der Waals surface area contributed by atoms with Crippen LogP contribution in [0.4, 0.5) is 13.6 Å². The molecule has 0 aromatic heterocycles. The van der Waals surface area contributed by atoms with Crippen molar-refractivity contribution in [1.29, 1.82) is 0 Å². The molecule has 18 heteroatoms. The number of nitrogens with one attached hydrogen (secondary N) is 2. The van der Waals surface area contributed by atoms with Crippen LogP contribution in [0, 0.1) is 17.6 Å². The number of amides is 3. The minimum absolute atomic E-state index is 0.0847. The summed E-state index contributed by atoms with van der Waals surface area (Å²) >= 11 is 3.26. The van der Waals surface area contributed by atoms with Crippen LogP contribution in [0.15, 0.2) is 77.1 Å². The minimum atomic E-state index is -4.40. The molecular formula is C38H49BrF2N3O10PS. The van der Waals surface area contributed by atoms with Crippen molar-refractivity contribution in [3.05, 3.63) is 89.4 Å². The predicted molar refractivity (Wildman–Crippen MR) is 208 cm³/mol. The summed E-state index contributed by atoms with van der Waals surface area (Å²) in [6.45, 7) is 13.7. The third-order valence-electron chi connectivity index (χ3n) is 9.24. The number of alkyl carbamates (subject to hydrolysis) is 1. The van der Waals surface area contributed by atoms with E-state index < -0.39 is 100 Å². The average molecular weight is 889 g/mol. The average Bonchev–Trinajstić information content (AvgIpc) is 3.66. The van der Waals surface area contributed by atoms with Gasteiger partial charge in [0, 0.05) is 29.6 Å². The Balaban J connectivity index is 1.72. The van der Waals surface area contributed by atoms with Gasteiger partial charge >= 0.3 is 6.09 Å². The Hall–Kier alpha value is -3.47. The second-order valence-electron chi connectivity index (χ2n) is 14.5. The summed E-state index contributed by atoms with van der Waals surface area (Å²) in [7, 11) is -8.61. The Kier molecular flexibility index (Phi) is 15.2. The van der Waals surface area contributed by atoms with Gasteiger partial charge in [-0.25, -0.2) is 13.6 Å². The maximum absolute atomic E-state index is 15.0. The van der Waals surface area contributed by atoms with E-state index in [4.69, 9.17) is 18.2 Å². The van der Waals surface area contributed by atoms with Crippen LogP contribution in [0.5, 0.6) is 0 Å². The summed E-state index contributed by atoms with van der Waals surface area (Å²) in [6.07, 6.45) is 0.0365. The molecule has 2 aliphatic rings. The van der Waals surface area contributed by atoms with Gasteiger partial charge in [-0.1, -0.05) is 34.1 Å². The Morgan fingerprint density at radius 2 is 1.77 bits per heavy atom. The standard InChI is InChI=1S/C38H49BrF2N3O10PS/c1-7-11-32(42-36(47)53-37(4,5)6)35(46)44-23-27(54-56(49,50)28-16-14-26(39)15-17-28)21-33(44)34(45)43-38(22-25(38)18-20-51-19-8-2)55(48,52-9-3)24-29-30(40)12-10-13-31(29)41/h7-8,10,12-17,25,27,32-33H,1-2,9,11,18-24H2,3-6H3,(H,42,47)(H,43,45)/t25-,27+,32+,33+,38+,55?/m1/s1. The molecule has 0 spiro atoms. The van der Waals surface area contributed by atoms with Gasteiger partial charge in [0.1, 0.15) is 34.6 Å². The molecule has 56 heavy (non-hydrogen) atoms. The highest BCUT2D eigenvalue weighted by molar-refractivity contribution is 9.10. The first kappa shape index (κ1) is 45.2. The molecule has 6 atom stereocenters. The fourth-order valence-electron chi connectivity index (χ4n) is 6.64. The highest BCUT2D eigenvalue weighted by Gasteiger charge is 2.67. The fraction of sp³-hybridized carbons (Fsp3) is 0.500. The van der Waals surface area contributed by atoms with E-state index in [0.717, 1.165) is 17.0 Å². The number of carbonyl (C=O) groups excluding carboxylic acids is 3. The molecule has 1 unspecified atom stereocenters. The number of benzene rings is 2. The largest absolute Gasteiger partial charge is 0.444 e. The first-order chi connectivity index (χ1) is 26.3. The summed E-state index contributed by atoms with van der Waals surface area (Å²) in [5.74, 6) is -4.04. The lowest BCUT2D eigenvalue weighted by Gasteiger charge is -2.33. The Bertz CT molecular complexity index is 1910. The topological polar surface area (TPSA) is 167 Å². The zero-order valence-electron chi connectivity index (χ0n) is 31.8. The second-order valence-corrected chi connectivity index (χ2v) is 19.7. The van der Waals surface area contributed by atoms with Gasteiger partial charge in [0.2, 0.25) is 19.2 Å². The Morgan fingerprint density at radius 1 is 1.11 bits per heavy atom. The van der Waals surface area contributed by atoms with Gasteiger partial charge in [-0.15, -0.1) is 13.2 Å². The fourth-order valence-corrected chi connectivity index (χ4v) is 11.2. The quantitative estimate of drug-likeness (QED) is 0.0663. The van der Waals surface area contributed by atoms with Gasteiger partial charge in [-0.3, -0.25) is 18.3 Å². The summed E-state index contributed by atoms with van der Waals surface area (Å²) in [4.78, 5) is 42.6. The molecule has 2 fully saturated rings. The van der Waals surface area contributed by atoms with Crippen LogP contribution in [-0.4, -0.2) is 86.7 Å². The van der Waals surface area contributed by atoms with E-state index in [1.54, 1.807) is 33.8 Å². The van der Waals surface area contributed by atoms with E-state index >= 15 is 13.3 Å². The number of nitrogens with zero attached hydrogens (tertiary/aromatic N) is 1. The van der Waals surface area contributed by atoms with Crippen molar-refractivity contribution in [3.8, 4) is 0 Å². The van der Waals surface area contributed by atoms with E-state index in [-0.39, 0.29) is 50.4 Å². The van der Waals surface area contributed by atoms with Gasteiger partial charge in [0.15, 0.2) is 0 Å². The van der Waals surface area contributed by atoms with E-state index in [0.29, 0.717) is 4.47 Å². The number of likely N-dealkylation sites (tertiary alicyclic amines) is 1. The van der Waals surface area contributed by atoms with Crippen LogP contribution in [0.3, 0.4) is 0 Å². The van der Waals surface area contributed by atoms with Crippen molar-refractivity contribution in [2.75, 3.05) is 26.4 Å². The number of hydrogen-bond donors (Lipinski definition) is 2. The number of rotatable bonds is 19. The van der Waals surface area contributed by atoms with Crippen LogP contribution in [0.2, 0.25) is 0 Å². The van der Waals surface area contributed by atoms with E-state index in [1.807, 2.05) is 0 Å². The normalized spacial score (nSPS) is 22.4. The van der Waals surface area contributed by atoms with E-state index in [9.17, 15) is 22.8 Å². The zero-order chi connectivity index (χ0) is 41.5. The molecule has 3 amide bonds. The van der Waals surface area contributed by atoms with Crippen LogP contribution in [0.25, 0.3) is 0 Å². The van der Waals surface area contributed by atoms with Gasteiger partial charge < -0.3 is 29.5 Å². The molecule has 1 aliphatic carbocycles. The van der Waals surface area contributed by atoms with Crippen LogP contribution in [-0.2, 0) is 48.6 Å². The van der Waals surface area contributed by atoms with Crippen molar-refractivity contribution in [3.63, 3.8) is 0 Å². The monoisotopic (exact) mass is 887 g/mol. The van der Waals surface area contributed by atoms with Crippen molar-refractivity contribution in [1.82, 2.24) is 15.5 Å². The number of carbonyl (C=O) groups is 3. The summed E-state index contributed by atoms with van der Waals surface area (Å²) < 4.78 is 94.8. The molecule has 1 aliphatic heterocycles. The van der Waals surface area contributed by atoms with E-state index in [2.05, 4.69) is 39.7 Å². The first-order valence-corrected chi connectivity index (χ1v) is 22.1. The van der Waals surface area contributed by atoms with Gasteiger partial charge in [0.25, 0.3) is 10.1 Å². The molecule has 1 saturated heterocycles. The molecule has 1 heterocycles. The first-order valence-electron chi connectivity index (χ1n) is 18.1. The maximum Gasteiger partial charge on any atom is 0.408 e. The molecule has 1 saturated carbocycles. The highest BCUT2D eigenvalue weighted by Crippen LogP contribution is 2.74. The lowest BCUT2D eigenvalue weighted by atomic mass is 10.1. The second kappa shape index (κ2) is 18.9. The third-order valence-corrected chi connectivity index (χ3v) is 14.4. The summed E-state index contributed by atoms with van der Waals surface area (Å²) in [5, 5.41) is 3.72. The van der Waals surface area contributed by atoms with Gasteiger partial charge in [-0.2, -0.15) is 8.42 Å². The number of hydrogen-bond acceptors (Lipinski definition) is 10. The van der Waals surface area contributed by atoms with Crippen molar-refractivity contribution in [2.45, 2.75) is 93.5 Å². The minimum Gasteiger partial charge on any atom is -0.444 e. The van der Waals surface area contributed by atoms with Crippen molar-refractivity contribution >= 4 is 51.3 Å². The van der Waals surface area contributed by atoms with Crippen LogP contribution < -0.4 is 10.6 Å². The number of ether oxygens (including phenoxy) is 2. The molecule has 2 aromatic carbocycles. The maximum atomic E-state index is 15.0. The predicted octanol–water partition coefficient (Wildman–Crippen LogP) is 6.81. The summed E-state index contributed by atoms with van der Waals surface area (Å²) in [6, 6.07) is 6.20. The smallest absolute Gasteiger partial charge is 0.408 e. The Morgan fingerprint density at radius 3 is 2.36 bits per heavy atom. The molecular weight excluding hydrogens is 839 g/mol. The molecule has 0 bridgehead atoms. The SMILES string of the molecule is C=CCOCC[C@@H]1C[C@]1(NC(=O)[C@@H]1C[C@H](OS(=O)(=O)c2ccc(Br)cc2)CN1C(=O)[C@H](CC=C)NC(=O)OC(C)(C)C)P(=O)(Cc1c(F)cccc1F)OCC. The number of halogens is 3.